The van der Waals surface area contributed by atoms with Crippen LogP contribution in [0.15, 0.2) is 18.2 Å². The van der Waals surface area contributed by atoms with E-state index < -0.39 is 23.6 Å². The van der Waals surface area contributed by atoms with Gasteiger partial charge in [-0.1, -0.05) is 0 Å². The van der Waals surface area contributed by atoms with Crippen LogP contribution >= 0.6 is 0 Å². The van der Waals surface area contributed by atoms with Crippen molar-refractivity contribution in [3.05, 3.63) is 29.3 Å². The largest absolute Gasteiger partial charge is 0.491 e. The molecule has 0 aliphatic carbocycles. The molecule has 0 spiro atoms. The van der Waals surface area contributed by atoms with Crippen molar-refractivity contribution in [1.82, 2.24) is 4.90 Å². The Morgan fingerprint density at radius 1 is 1.26 bits per heavy atom. The van der Waals surface area contributed by atoms with Crippen molar-refractivity contribution in [2.75, 3.05) is 34.0 Å². The normalized spacial score (nSPS) is 17.0. The van der Waals surface area contributed by atoms with E-state index in [9.17, 15) is 14.9 Å². The molecule has 2 atom stereocenters. The number of ether oxygens (including phenoxy) is 4. The molecular formula is C23H32N2O6. The highest BCUT2D eigenvalue weighted by Gasteiger charge is 2.41. The third-order valence-corrected chi connectivity index (χ3v) is 5.07. The molecule has 1 fully saturated rings. The molecule has 0 aromatic heterocycles. The zero-order valence-electron chi connectivity index (χ0n) is 19.0. The summed E-state index contributed by atoms with van der Waals surface area (Å²) in [6.07, 6.45) is 1.27. The predicted molar refractivity (Wildman–Crippen MR) is 114 cm³/mol. The van der Waals surface area contributed by atoms with Crippen LogP contribution in [0.5, 0.6) is 5.75 Å². The lowest BCUT2D eigenvalue weighted by Crippen LogP contribution is -2.46. The molecule has 0 N–H and O–H groups in total. The summed E-state index contributed by atoms with van der Waals surface area (Å²) in [4.78, 5) is 27.1. The van der Waals surface area contributed by atoms with Gasteiger partial charge in [0.25, 0.3) is 0 Å². The minimum Gasteiger partial charge on any atom is -0.491 e. The Balaban J connectivity index is 2.32. The molecule has 0 bridgehead atoms. The molecule has 0 unspecified atom stereocenters. The Hall–Kier alpha value is -2.79. The Labute approximate surface area is 184 Å². The first-order valence-electron chi connectivity index (χ1n) is 10.4. The Bertz CT molecular complexity index is 811. The fourth-order valence-corrected chi connectivity index (χ4v) is 3.71. The second-order valence-electron chi connectivity index (χ2n) is 8.49. The number of carbonyl (C=O) groups excluding carboxylic acids is 2. The molecule has 31 heavy (non-hydrogen) atoms. The number of esters is 1. The number of rotatable bonds is 8. The van der Waals surface area contributed by atoms with Crippen LogP contribution in [0.2, 0.25) is 0 Å². The van der Waals surface area contributed by atoms with Crippen molar-refractivity contribution < 1.29 is 28.5 Å². The molecule has 0 saturated carbocycles. The third kappa shape index (κ3) is 6.86. The number of likely N-dealkylation sites (tertiary alicyclic amines) is 1. The monoisotopic (exact) mass is 432 g/mol. The van der Waals surface area contributed by atoms with Crippen molar-refractivity contribution in [3.8, 4) is 11.8 Å². The molecule has 2 rings (SSSR count). The first-order chi connectivity index (χ1) is 14.7. The van der Waals surface area contributed by atoms with E-state index in [1.807, 2.05) is 20.8 Å². The highest BCUT2D eigenvalue weighted by atomic mass is 16.6. The Morgan fingerprint density at radius 3 is 2.61 bits per heavy atom. The average molecular weight is 433 g/mol. The number of nitriles is 1. The van der Waals surface area contributed by atoms with Crippen molar-refractivity contribution >= 4 is 12.1 Å². The molecule has 1 amide bonds. The van der Waals surface area contributed by atoms with Crippen LogP contribution in [0.3, 0.4) is 0 Å². The van der Waals surface area contributed by atoms with Gasteiger partial charge in [-0.25, -0.2) is 4.79 Å². The summed E-state index contributed by atoms with van der Waals surface area (Å²) in [7, 11) is 2.92. The van der Waals surface area contributed by atoms with E-state index in [1.54, 1.807) is 30.2 Å². The quantitative estimate of drug-likeness (QED) is 0.459. The third-order valence-electron chi connectivity index (χ3n) is 5.07. The minimum absolute atomic E-state index is 0.272. The maximum absolute atomic E-state index is 12.8. The number of benzene rings is 1. The van der Waals surface area contributed by atoms with Gasteiger partial charge in [0.15, 0.2) is 0 Å². The molecule has 1 aliphatic rings. The molecule has 1 aliphatic heterocycles. The topological polar surface area (TPSA) is 98.1 Å². The first kappa shape index (κ1) is 24.5. The smallest absolute Gasteiger partial charge is 0.410 e. The van der Waals surface area contributed by atoms with Gasteiger partial charge in [-0.2, -0.15) is 5.26 Å². The lowest BCUT2D eigenvalue weighted by molar-refractivity contribution is -0.147. The van der Waals surface area contributed by atoms with Crippen LogP contribution in [-0.4, -0.2) is 62.6 Å². The van der Waals surface area contributed by atoms with Crippen LogP contribution < -0.4 is 4.74 Å². The molecular weight excluding hydrogens is 400 g/mol. The van der Waals surface area contributed by atoms with Gasteiger partial charge in [0.1, 0.15) is 18.0 Å². The molecule has 1 saturated heterocycles. The van der Waals surface area contributed by atoms with E-state index in [0.717, 1.165) is 6.42 Å². The van der Waals surface area contributed by atoms with Gasteiger partial charge in [-0.3, -0.25) is 4.79 Å². The minimum atomic E-state index is -0.630. The van der Waals surface area contributed by atoms with Crippen LogP contribution in [-0.2, 0) is 25.4 Å². The van der Waals surface area contributed by atoms with E-state index in [2.05, 4.69) is 6.07 Å². The molecule has 1 aromatic rings. The predicted octanol–water partition coefficient (Wildman–Crippen LogP) is 3.31. The summed E-state index contributed by atoms with van der Waals surface area (Å²) in [5.74, 6) is -0.448. The summed E-state index contributed by atoms with van der Waals surface area (Å²) >= 11 is 0. The van der Waals surface area contributed by atoms with E-state index in [1.165, 1.54) is 7.11 Å². The fraction of sp³-hybridized carbons (Fsp3) is 0.609. The molecule has 0 radical (unpaired) electrons. The van der Waals surface area contributed by atoms with E-state index in [-0.39, 0.29) is 12.5 Å². The number of nitrogens with zero attached hydrogens (tertiary/aromatic N) is 2. The van der Waals surface area contributed by atoms with Crippen molar-refractivity contribution in [2.24, 2.45) is 5.92 Å². The van der Waals surface area contributed by atoms with Gasteiger partial charge >= 0.3 is 12.1 Å². The first-order valence-corrected chi connectivity index (χ1v) is 10.4. The number of hydrogen-bond donors (Lipinski definition) is 0. The molecule has 1 heterocycles. The lowest BCUT2D eigenvalue weighted by atomic mass is 9.89. The van der Waals surface area contributed by atoms with Gasteiger partial charge < -0.3 is 23.8 Å². The Kier molecular flexibility index (Phi) is 8.69. The highest BCUT2D eigenvalue weighted by molar-refractivity contribution is 5.76. The SMILES string of the molecule is COCCOc1ccc(C#N)cc1C[C@@H](C(=O)OC)[C@H]1CCCN1C(=O)OC(C)(C)C. The van der Waals surface area contributed by atoms with Gasteiger partial charge in [-0.15, -0.1) is 0 Å². The standard InChI is InChI=1S/C23H32N2O6/c1-23(2,3)31-22(27)25-10-6-7-19(25)18(21(26)29-5)14-17-13-16(15-24)8-9-20(17)30-12-11-28-4/h8-9,13,18-19H,6-7,10-12,14H2,1-5H3/t18-,19-/m1/s1. The maximum Gasteiger partial charge on any atom is 0.410 e. The van der Waals surface area contributed by atoms with Crippen molar-refractivity contribution in [3.63, 3.8) is 0 Å². The van der Waals surface area contributed by atoms with E-state index >= 15 is 0 Å². The second-order valence-corrected chi connectivity index (χ2v) is 8.49. The zero-order valence-corrected chi connectivity index (χ0v) is 19.0. The van der Waals surface area contributed by atoms with Crippen molar-refractivity contribution in [1.29, 1.82) is 5.26 Å². The molecule has 8 heteroatoms. The van der Waals surface area contributed by atoms with E-state index in [4.69, 9.17) is 18.9 Å². The van der Waals surface area contributed by atoms with Crippen LogP contribution in [0.1, 0.15) is 44.7 Å². The summed E-state index contributed by atoms with van der Waals surface area (Å²) in [6.45, 7) is 6.70. The summed E-state index contributed by atoms with van der Waals surface area (Å²) < 4.78 is 21.5. The average Bonchev–Trinajstić information content (AvgIpc) is 3.20. The number of methoxy groups -OCH3 is 2. The van der Waals surface area contributed by atoms with Gasteiger partial charge in [-0.05, 0) is 63.8 Å². The van der Waals surface area contributed by atoms with Gasteiger partial charge in [0, 0.05) is 19.7 Å². The van der Waals surface area contributed by atoms with Crippen LogP contribution in [0, 0.1) is 17.2 Å². The van der Waals surface area contributed by atoms with Crippen LogP contribution in [0.4, 0.5) is 4.79 Å². The number of carbonyl (C=O) groups is 2. The zero-order chi connectivity index (χ0) is 23.0. The highest BCUT2D eigenvalue weighted by Crippen LogP contribution is 2.32. The molecule has 8 nitrogen and oxygen atoms in total. The summed E-state index contributed by atoms with van der Waals surface area (Å²) in [5, 5.41) is 9.32. The van der Waals surface area contributed by atoms with Gasteiger partial charge in [0.05, 0.1) is 31.3 Å². The molecule has 1 aromatic carbocycles. The van der Waals surface area contributed by atoms with Gasteiger partial charge in [0.2, 0.25) is 0 Å². The maximum atomic E-state index is 12.8. The Morgan fingerprint density at radius 2 is 2.00 bits per heavy atom. The van der Waals surface area contributed by atoms with Crippen molar-refractivity contribution in [2.45, 2.75) is 51.7 Å². The van der Waals surface area contributed by atoms with E-state index in [0.29, 0.717) is 43.1 Å². The summed E-state index contributed by atoms with van der Waals surface area (Å²) in [5.41, 5.74) is 0.545. The molecule has 170 valence electrons. The lowest BCUT2D eigenvalue weighted by Gasteiger charge is -2.32. The summed E-state index contributed by atoms with van der Waals surface area (Å²) in [6, 6.07) is 6.86. The fourth-order valence-electron chi connectivity index (χ4n) is 3.71. The van der Waals surface area contributed by atoms with Crippen LogP contribution in [0.25, 0.3) is 0 Å². The second kappa shape index (κ2) is 11.0. The number of hydrogen-bond acceptors (Lipinski definition) is 7. The number of amides is 1.